The first-order valence-corrected chi connectivity index (χ1v) is 9.07. The van der Waals surface area contributed by atoms with E-state index in [-0.39, 0.29) is 6.61 Å². The Balaban J connectivity index is 1.52. The summed E-state index contributed by atoms with van der Waals surface area (Å²) in [6.07, 6.45) is 2.82. The van der Waals surface area contributed by atoms with Gasteiger partial charge in [0.25, 0.3) is 5.91 Å². The quantitative estimate of drug-likeness (QED) is 0.483. The van der Waals surface area contributed by atoms with E-state index in [0.29, 0.717) is 11.4 Å². The molecule has 1 N–H and O–H groups in total. The molecule has 0 atom stereocenters. The summed E-state index contributed by atoms with van der Waals surface area (Å²) < 4.78 is 5.92. The first-order chi connectivity index (χ1) is 13.0. The molecule has 3 aromatic rings. The van der Waals surface area contributed by atoms with Gasteiger partial charge in [-0.3, -0.25) is 4.79 Å². The maximum absolute atomic E-state index is 11.9. The van der Waals surface area contributed by atoms with Crippen LogP contribution in [0, 0.1) is 6.92 Å². The summed E-state index contributed by atoms with van der Waals surface area (Å²) in [6.45, 7) is 1.56. The predicted octanol–water partition coefficient (Wildman–Crippen LogP) is 4.50. The Morgan fingerprint density at radius 3 is 2.78 bits per heavy atom. The Morgan fingerprint density at radius 1 is 1.15 bits per heavy atom. The summed E-state index contributed by atoms with van der Waals surface area (Å²) in [4.78, 5) is 28.1. The lowest BCUT2D eigenvalue weighted by molar-refractivity contribution is -0.142. The molecule has 0 aliphatic carbocycles. The summed E-state index contributed by atoms with van der Waals surface area (Å²) in [5, 5.41) is 3.71. The fourth-order valence-corrected chi connectivity index (χ4v) is 2.68. The van der Waals surface area contributed by atoms with Crippen LogP contribution >= 0.6 is 15.9 Å². The van der Waals surface area contributed by atoms with E-state index < -0.39 is 11.9 Å². The van der Waals surface area contributed by atoms with Gasteiger partial charge in [0, 0.05) is 21.6 Å². The molecule has 2 aromatic carbocycles. The number of para-hydroxylation sites is 1. The van der Waals surface area contributed by atoms with Crippen molar-refractivity contribution in [3.63, 3.8) is 0 Å². The zero-order chi connectivity index (χ0) is 19.2. The Labute approximate surface area is 165 Å². The second-order valence-corrected chi connectivity index (χ2v) is 6.74. The van der Waals surface area contributed by atoms with Crippen molar-refractivity contribution >= 4 is 50.5 Å². The highest BCUT2D eigenvalue weighted by Gasteiger charge is 2.07. The normalized spacial score (nSPS) is 10.9. The van der Waals surface area contributed by atoms with Gasteiger partial charge >= 0.3 is 5.97 Å². The number of anilines is 1. The van der Waals surface area contributed by atoms with Crippen molar-refractivity contribution in [3.8, 4) is 0 Å². The average molecular weight is 425 g/mol. The van der Waals surface area contributed by atoms with E-state index in [0.717, 1.165) is 20.9 Å². The van der Waals surface area contributed by atoms with Crippen LogP contribution in [0.1, 0.15) is 11.3 Å². The van der Waals surface area contributed by atoms with E-state index in [1.165, 1.54) is 6.08 Å². The van der Waals surface area contributed by atoms with Gasteiger partial charge in [-0.15, -0.1) is 0 Å². The van der Waals surface area contributed by atoms with Gasteiger partial charge in [-0.2, -0.15) is 0 Å². The molecular formula is C21H17BrN2O3. The number of aromatic nitrogens is 1. The Morgan fingerprint density at radius 2 is 1.96 bits per heavy atom. The summed E-state index contributed by atoms with van der Waals surface area (Å²) in [7, 11) is 0. The number of benzene rings is 2. The van der Waals surface area contributed by atoms with E-state index in [1.54, 1.807) is 12.1 Å². The van der Waals surface area contributed by atoms with E-state index >= 15 is 0 Å². The molecule has 0 unspecified atom stereocenters. The highest BCUT2D eigenvalue weighted by atomic mass is 79.9. The number of carbonyl (C=O) groups is 2. The van der Waals surface area contributed by atoms with Crippen LogP contribution in [-0.4, -0.2) is 23.5 Å². The van der Waals surface area contributed by atoms with E-state index in [4.69, 9.17) is 4.74 Å². The minimum absolute atomic E-state index is 0.358. The molecule has 1 heterocycles. The van der Waals surface area contributed by atoms with Crippen molar-refractivity contribution < 1.29 is 14.3 Å². The number of fused-ring (bicyclic) bond motifs is 1. The van der Waals surface area contributed by atoms with Crippen LogP contribution in [0.15, 0.2) is 65.1 Å². The molecule has 136 valence electrons. The van der Waals surface area contributed by atoms with E-state index in [2.05, 4.69) is 26.2 Å². The van der Waals surface area contributed by atoms with Crippen molar-refractivity contribution in [3.05, 3.63) is 76.4 Å². The number of nitrogens with zero attached hydrogens (tertiary/aromatic N) is 1. The molecule has 3 rings (SSSR count). The van der Waals surface area contributed by atoms with Gasteiger partial charge in [-0.05, 0) is 48.9 Å². The SMILES string of the molecule is Cc1cc(NC(=O)COC(=O)/C=C/c2ccc3ccccc3n2)ccc1Br. The number of hydrogen-bond donors (Lipinski definition) is 1. The maximum Gasteiger partial charge on any atom is 0.331 e. The van der Waals surface area contributed by atoms with Crippen LogP contribution in [-0.2, 0) is 14.3 Å². The number of amides is 1. The van der Waals surface area contributed by atoms with Gasteiger partial charge in [-0.1, -0.05) is 40.2 Å². The fourth-order valence-electron chi connectivity index (χ4n) is 2.43. The summed E-state index contributed by atoms with van der Waals surface area (Å²) >= 11 is 3.40. The standard InChI is InChI=1S/C21H17BrN2O3/c1-14-12-17(8-10-18(14)22)24-20(25)13-27-21(26)11-9-16-7-6-15-4-2-3-5-19(15)23-16/h2-12H,13H2,1H3,(H,24,25)/b11-9+. The molecule has 0 fully saturated rings. The molecular weight excluding hydrogens is 408 g/mol. The van der Waals surface area contributed by atoms with Gasteiger partial charge in [-0.25, -0.2) is 9.78 Å². The number of aryl methyl sites for hydroxylation is 1. The lowest BCUT2D eigenvalue weighted by atomic mass is 10.2. The Bertz CT molecular complexity index is 1030. The number of nitrogens with one attached hydrogen (secondary N) is 1. The molecule has 1 aromatic heterocycles. The molecule has 0 spiro atoms. The van der Waals surface area contributed by atoms with Crippen LogP contribution in [0.25, 0.3) is 17.0 Å². The number of ether oxygens (including phenoxy) is 1. The number of halogens is 1. The average Bonchev–Trinajstić information content (AvgIpc) is 2.67. The first-order valence-electron chi connectivity index (χ1n) is 8.28. The van der Waals surface area contributed by atoms with Gasteiger partial charge < -0.3 is 10.1 Å². The monoisotopic (exact) mass is 424 g/mol. The molecule has 0 radical (unpaired) electrons. The van der Waals surface area contributed by atoms with Crippen LogP contribution in [0.2, 0.25) is 0 Å². The number of carbonyl (C=O) groups excluding carboxylic acids is 2. The van der Waals surface area contributed by atoms with Crippen LogP contribution in [0.3, 0.4) is 0 Å². The van der Waals surface area contributed by atoms with Crippen molar-refractivity contribution in [2.45, 2.75) is 6.92 Å². The van der Waals surface area contributed by atoms with Crippen LogP contribution in [0.5, 0.6) is 0 Å². The zero-order valence-corrected chi connectivity index (χ0v) is 16.2. The Hall–Kier alpha value is -2.99. The van der Waals surface area contributed by atoms with Gasteiger partial charge in [0.1, 0.15) is 0 Å². The lowest BCUT2D eigenvalue weighted by Crippen LogP contribution is -2.20. The highest BCUT2D eigenvalue weighted by molar-refractivity contribution is 9.10. The van der Waals surface area contributed by atoms with Gasteiger partial charge in [0.2, 0.25) is 0 Å². The van der Waals surface area contributed by atoms with Crippen LogP contribution in [0.4, 0.5) is 5.69 Å². The third-order valence-corrected chi connectivity index (χ3v) is 4.69. The van der Waals surface area contributed by atoms with Gasteiger partial charge in [0.15, 0.2) is 6.61 Å². The van der Waals surface area contributed by atoms with Crippen molar-refractivity contribution in [1.82, 2.24) is 4.98 Å². The third-order valence-electron chi connectivity index (χ3n) is 3.80. The third kappa shape index (κ3) is 5.24. The molecule has 6 heteroatoms. The van der Waals surface area contributed by atoms with Crippen LogP contribution < -0.4 is 5.32 Å². The first kappa shape index (κ1) is 18.8. The number of pyridine rings is 1. The second kappa shape index (κ2) is 8.60. The topological polar surface area (TPSA) is 68.3 Å². The minimum Gasteiger partial charge on any atom is -0.452 e. The van der Waals surface area contributed by atoms with E-state index in [9.17, 15) is 9.59 Å². The fraction of sp³-hybridized carbons (Fsp3) is 0.0952. The Kier molecular flexibility index (Phi) is 5.98. The predicted molar refractivity (Wildman–Crippen MR) is 109 cm³/mol. The van der Waals surface area contributed by atoms with E-state index in [1.807, 2.05) is 55.5 Å². The smallest absolute Gasteiger partial charge is 0.331 e. The molecule has 0 bridgehead atoms. The molecule has 1 amide bonds. The number of esters is 1. The summed E-state index contributed by atoms with van der Waals surface area (Å²) in [6, 6.07) is 16.9. The van der Waals surface area contributed by atoms with Crippen molar-refractivity contribution in [1.29, 1.82) is 0 Å². The van der Waals surface area contributed by atoms with Gasteiger partial charge in [0.05, 0.1) is 11.2 Å². The summed E-state index contributed by atoms with van der Waals surface area (Å²) in [5.41, 5.74) is 3.13. The summed E-state index contributed by atoms with van der Waals surface area (Å²) in [5.74, 6) is -1.01. The molecule has 5 nitrogen and oxygen atoms in total. The largest absolute Gasteiger partial charge is 0.452 e. The minimum atomic E-state index is -0.605. The number of rotatable bonds is 5. The molecule has 0 saturated heterocycles. The lowest BCUT2D eigenvalue weighted by Gasteiger charge is -2.07. The zero-order valence-electron chi connectivity index (χ0n) is 14.6. The number of hydrogen-bond acceptors (Lipinski definition) is 4. The molecule has 0 aliphatic rings. The van der Waals surface area contributed by atoms with Crippen molar-refractivity contribution in [2.24, 2.45) is 0 Å². The molecule has 0 aliphatic heterocycles. The molecule has 27 heavy (non-hydrogen) atoms. The molecule has 0 saturated carbocycles. The second-order valence-electron chi connectivity index (χ2n) is 5.88. The maximum atomic E-state index is 11.9. The highest BCUT2D eigenvalue weighted by Crippen LogP contribution is 2.19. The van der Waals surface area contributed by atoms with Crippen molar-refractivity contribution in [2.75, 3.05) is 11.9 Å².